The van der Waals surface area contributed by atoms with Crippen LogP contribution < -0.4 is 16.1 Å². The first-order chi connectivity index (χ1) is 20.9. The Balaban J connectivity index is 0.00000316. The summed E-state index contributed by atoms with van der Waals surface area (Å²) >= 11 is 0. The number of para-hydroxylation sites is 1. The van der Waals surface area contributed by atoms with Crippen LogP contribution in [0.4, 0.5) is 0 Å². The van der Waals surface area contributed by atoms with Crippen molar-refractivity contribution in [1.82, 2.24) is 21.1 Å². The number of nitrogens with zero attached hydrogens (tertiary/aromatic N) is 2. The number of carbonyl (C=O) groups is 2. The number of allylic oxidation sites excluding steroid dienone is 2. The van der Waals surface area contributed by atoms with Crippen molar-refractivity contribution in [2.75, 3.05) is 19.8 Å². The van der Waals surface area contributed by atoms with Gasteiger partial charge in [0.25, 0.3) is 0 Å². The Kier molecular flexibility index (Phi) is 17.0. The lowest BCUT2D eigenvalue weighted by molar-refractivity contribution is -0.130. The summed E-state index contributed by atoms with van der Waals surface area (Å²) in [4.78, 5) is 36.2. The third-order valence-electron chi connectivity index (χ3n) is 7.33. The molecule has 3 atom stereocenters. The number of hydrogen-bond acceptors (Lipinski definition) is 7. The minimum absolute atomic E-state index is 0.00209. The highest BCUT2D eigenvalue weighted by molar-refractivity contribution is 7.70. The summed E-state index contributed by atoms with van der Waals surface area (Å²) in [6, 6.07) is 10.8. The van der Waals surface area contributed by atoms with Crippen LogP contribution in [0.2, 0.25) is 0 Å². The molecule has 1 aliphatic rings. The molecule has 9 heteroatoms. The molecule has 0 saturated heterocycles. The molecule has 1 aromatic carbocycles. The van der Waals surface area contributed by atoms with Crippen LogP contribution in [0.5, 0.6) is 0 Å². The van der Waals surface area contributed by atoms with Crippen molar-refractivity contribution in [3.8, 4) is 0 Å². The number of nitrogens with one attached hydrogen (secondary N) is 3. The number of hydrogen-bond donors (Lipinski definition) is 3. The Labute approximate surface area is 260 Å². The average Bonchev–Trinajstić information content (AvgIpc) is 3.04. The molecule has 0 spiro atoms. The van der Waals surface area contributed by atoms with Gasteiger partial charge in [0.05, 0.1) is 34.9 Å². The monoisotopic (exact) mass is 609 g/mol. The van der Waals surface area contributed by atoms with Crippen LogP contribution >= 0.6 is 8.15 Å². The second kappa shape index (κ2) is 20.1. The number of ketones is 1. The molecule has 1 amide bonds. The van der Waals surface area contributed by atoms with E-state index < -0.39 is 20.2 Å². The fourth-order valence-corrected chi connectivity index (χ4v) is 6.21. The molecule has 1 aliphatic carbocycles. The molecule has 236 valence electrons. The van der Waals surface area contributed by atoms with E-state index in [4.69, 9.17) is 9.61 Å². The zero-order valence-electron chi connectivity index (χ0n) is 27.0. The lowest BCUT2D eigenvalue weighted by atomic mass is 9.83. The van der Waals surface area contributed by atoms with E-state index in [0.29, 0.717) is 24.4 Å². The second-order valence-electron chi connectivity index (χ2n) is 10.4. The van der Waals surface area contributed by atoms with Crippen LogP contribution in [0, 0.1) is 5.92 Å². The van der Waals surface area contributed by atoms with E-state index in [0.717, 1.165) is 48.5 Å². The number of rotatable bonds is 16. The summed E-state index contributed by atoms with van der Waals surface area (Å²) in [5.74, 6) is -0.123. The van der Waals surface area contributed by atoms with Crippen LogP contribution in [0.1, 0.15) is 85.3 Å². The molecule has 2 aromatic rings. The van der Waals surface area contributed by atoms with Gasteiger partial charge >= 0.3 is 0 Å². The predicted octanol–water partition coefficient (Wildman–Crippen LogP) is 7.17. The van der Waals surface area contributed by atoms with Crippen molar-refractivity contribution < 1.29 is 14.2 Å². The van der Waals surface area contributed by atoms with E-state index in [2.05, 4.69) is 27.7 Å². The van der Waals surface area contributed by atoms with Crippen molar-refractivity contribution in [2.24, 2.45) is 10.9 Å². The minimum atomic E-state index is -1.01. The summed E-state index contributed by atoms with van der Waals surface area (Å²) < 4.78 is 5.76. The first-order valence-corrected chi connectivity index (χ1v) is 17.5. The standard InChI is InChI=1S/C32H46N5O3P.C2H6/c1-6-14-28(29(38)22-34-40-41(5)30(15-7-2)33-8-3)37-32(39)31(25-17-10-9-11-18-25)35-23(4)26-21-20-24-16-12-13-19-27(24)36-26;1-2/h7,12-13,15-16,19-21,25,28,31,34-35H,4,6,8-11,14,17-18,22H2,1-3,5H3,(H,37,39);1-2H3/b15-7-,33-30?;. The quantitative estimate of drug-likeness (QED) is 0.106. The summed E-state index contributed by atoms with van der Waals surface area (Å²) in [5, 5.41) is 7.53. The van der Waals surface area contributed by atoms with Crippen molar-refractivity contribution in [1.29, 1.82) is 0 Å². The maximum absolute atomic E-state index is 13.8. The number of hydroxylamine groups is 1. The summed E-state index contributed by atoms with van der Waals surface area (Å²) in [6.45, 7) is 16.8. The maximum atomic E-state index is 13.8. The normalized spacial score (nSPS) is 16.2. The number of aromatic nitrogens is 1. The van der Waals surface area contributed by atoms with Gasteiger partial charge < -0.3 is 10.6 Å². The largest absolute Gasteiger partial charge is 0.372 e. The van der Waals surface area contributed by atoms with E-state index >= 15 is 0 Å². The number of carbonyl (C=O) groups excluding carboxylic acids is 2. The first kappa shape index (κ1) is 36.3. The first-order valence-electron chi connectivity index (χ1n) is 15.8. The van der Waals surface area contributed by atoms with Gasteiger partial charge in [-0.25, -0.2) is 4.98 Å². The smallest absolute Gasteiger partial charge is 0.243 e. The van der Waals surface area contributed by atoms with Gasteiger partial charge in [-0.15, -0.1) is 0 Å². The third-order valence-corrected chi connectivity index (χ3v) is 8.67. The maximum Gasteiger partial charge on any atom is 0.243 e. The Morgan fingerprint density at radius 1 is 1.12 bits per heavy atom. The summed E-state index contributed by atoms with van der Waals surface area (Å²) in [5.41, 5.74) is 5.89. The third kappa shape index (κ3) is 11.6. The zero-order chi connectivity index (χ0) is 31.6. The van der Waals surface area contributed by atoms with E-state index in [1.54, 1.807) is 0 Å². The van der Waals surface area contributed by atoms with Gasteiger partial charge in [-0.3, -0.25) is 19.2 Å². The molecule has 1 heterocycles. The van der Waals surface area contributed by atoms with E-state index in [9.17, 15) is 9.59 Å². The molecule has 3 N–H and O–H groups in total. The number of pyridine rings is 1. The summed E-state index contributed by atoms with van der Waals surface area (Å²) in [7, 11) is -1.01. The number of amides is 1. The fraction of sp³-hybridized carbons (Fsp3) is 0.529. The number of Topliss-reactive ketones (excluding diaryl/α,β-unsaturated/α-hetero) is 1. The lowest BCUT2D eigenvalue weighted by Gasteiger charge is -2.32. The van der Waals surface area contributed by atoms with Crippen LogP contribution in [0.15, 0.2) is 60.1 Å². The SMILES string of the molecule is C=C(NC(C(=O)NC(CCC)C(=O)CNOP(C)C(/C=C\C)=NCC)C1CCCCC1)c1ccc2ccccc2n1.CC. The van der Waals surface area contributed by atoms with Crippen molar-refractivity contribution >= 4 is 41.9 Å². The lowest BCUT2D eigenvalue weighted by Crippen LogP contribution is -2.54. The van der Waals surface area contributed by atoms with Crippen molar-refractivity contribution in [2.45, 2.75) is 91.6 Å². The van der Waals surface area contributed by atoms with Crippen LogP contribution in [0.25, 0.3) is 16.6 Å². The zero-order valence-corrected chi connectivity index (χ0v) is 27.9. The van der Waals surface area contributed by atoms with Crippen molar-refractivity contribution in [3.05, 3.63) is 60.8 Å². The average molecular weight is 610 g/mol. The van der Waals surface area contributed by atoms with E-state index in [-0.39, 0.29) is 24.2 Å². The molecule has 43 heavy (non-hydrogen) atoms. The molecule has 1 aromatic heterocycles. The van der Waals surface area contributed by atoms with Crippen LogP contribution in [-0.4, -0.2) is 54.0 Å². The van der Waals surface area contributed by atoms with Gasteiger partial charge in [0.1, 0.15) is 14.2 Å². The van der Waals surface area contributed by atoms with Gasteiger partial charge in [0.15, 0.2) is 5.78 Å². The van der Waals surface area contributed by atoms with Crippen LogP contribution in [0.3, 0.4) is 0 Å². The fourth-order valence-electron chi connectivity index (χ4n) is 5.16. The highest BCUT2D eigenvalue weighted by Crippen LogP contribution is 2.33. The topological polar surface area (TPSA) is 105 Å². The molecule has 1 saturated carbocycles. The molecule has 3 unspecified atom stereocenters. The second-order valence-corrected chi connectivity index (χ2v) is 12.1. The van der Waals surface area contributed by atoms with Gasteiger partial charge in [-0.1, -0.05) is 83.4 Å². The Bertz CT molecular complexity index is 1230. The molecule has 0 bridgehead atoms. The molecular weight excluding hydrogens is 557 g/mol. The highest BCUT2D eigenvalue weighted by atomic mass is 31.1. The molecule has 1 fully saturated rings. The van der Waals surface area contributed by atoms with Gasteiger partial charge in [-0.05, 0) is 63.9 Å². The van der Waals surface area contributed by atoms with Crippen molar-refractivity contribution in [3.63, 3.8) is 0 Å². The minimum Gasteiger partial charge on any atom is -0.372 e. The Morgan fingerprint density at radius 3 is 2.51 bits per heavy atom. The molecule has 0 aliphatic heterocycles. The predicted molar refractivity (Wildman–Crippen MR) is 182 cm³/mol. The highest BCUT2D eigenvalue weighted by Gasteiger charge is 2.32. The molecule has 8 nitrogen and oxygen atoms in total. The van der Waals surface area contributed by atoms with Gasteiger partial charge in [0, 0.05) is 11.9 Å². The van der Waals surface area contributed by atoms with E-state index in [1.807, 2.05) is 89.8 Å². The van der Waals surface area contributed by atoms with Gasteiger partial charge in [-0.2, -0.15) is 5.48 Å². The van der Waals surface area contributed by atoms with E-state index in [1.165, 1.54) is 6.42 Å². The number of benzene rings is 1. The number of fused-ring (bicyclic) bond motifs is 1. The Morgan fingerprint density at radius 2 is 1.84 bits per heavy atom. The Hall–Kier alpha value is -2.93. The molecule has 3 rings (SSSR count). The van der Waals surface area contributed by atoms with Gasteiger partial charge in [0.2, 0.25) is 5.91 Å². The molecule has 0 radical (unpaired) electrons. The number of aliphatic imine (C=N–C) groups is 1. The van der Waals surface area contributed by atoms with Crippen LogP contribution in [-0.2, 0) is 14.2 Å². The summed E-state index contributed by atoms with van der Waals surface area (Å²) in [6.07, 6.45) is 10.4. The molecular formula is C34H52N5O3P.